The lowest BCUT2D eigenvalue weighted by atomic mass is 9.95. The molecule has 0 fully saturated rings. The van der Waals surface area contributed by atoms with E-state index in [0.717, 1.165) is 6.07 Å². The number of carbonyl (C=O) groups is 2. The van der Waals surface area contributed by atoms with E-state index in [2.05, 4.69) is 47.4 Å². The number of hydrogen-bond donors (Lipinski definition) is 3. The van der Waals surface area contributed by atoms with Crippen molar-refractivity contribution in [1.82, 2.24) is 5.32 Å². The van der Waals surface area contributed by atoms with E-state index in [1.54, 1.807) is 6.07 Å². The van der Waals surface area contributed by atoms with Gasteiger partial charge in [0.05, 0.1) is 25.2 Å². The van der Waals surface area contributed by atoms with E-state index in [1.807, 2.05) is 0 Å². The van der Waals surface area contributed by atoms with Gasteiger partial charge in [0.2, 0.25) is 5.91 Å². The van der Waals surface area contributed by atoms with Crippen molar-refractivity contribution < 1.29 is 50.3 Å². The fourth-order valence-corrected chi connectivity index (χ4v) is 6.94. The largest absolute Gasteiger partial charge is 0.481 e. The van der Waals surface area contributed by atoms with Gasteiger partial charge in [0.15, 0.2) is 0 Å². The molecule has 0 radical (unpaired) electrons. The van der Waals surface area contributed by atoms with Gasteiger partial charge < -0.3 is 25.2 Å². The van der Waals surface area contributed by atoms with Crippen LogP contribution in [0.25, 0.3) is 0 Å². The lowest BCUT2D eigenvalue weighted by Gasteiger charge is -2.27. The van der Waals surface area contributed by atoms with Gasteiger partial charge in [-0.1, -0.05) is 57.0 Å². The van der Waals surface area contributed by atoms with E-state index in [0.29, 0.717) is 15.6 Å². The molecule has 0 spiro atoms. The first kappa shape index (κ1) is 38.9. The van der Waals surface area contributed by atoms with Crippen LogP contribution in [-0.2, 0) is 47.4 Å². The Balaban J connectivity index is 0.000000320. The van der Waals surface area contributed by atoms with Gasteiger partial charge in [-0.25, -0.2) is 0 Å². The molecule has 1 heterocycles. The summed E-state index contributed by atoms with van der Waals surface area (Å²) in [6.45, 7) is 4.06. The molecule has 2 aromatic carbocycles. The lowest BCUT2D eigenvalue weighted by Crippen LogP contribution is -2.40. The van der Waals surface area contributed by atoms with Crippen LogP contribution in [0.15, 0.2) is 55.6 Å². The normalized spacial score (nSPS) is 15.5. The summed E-state index contributed by atoms with van der Waals surface area (Å²) in [5.41, 5.74) is -0.158. The first-order valence-electron chi connectivity index (χ1n) is 13.3. The van der Waals surface area contributed by atoms with Crippen LogP contribution >= 0.6 is 39.5 Å². The van der Waals surface area contributed by atoms with Crippen LogP contribution in [0.3, 0.4) is 0 Å². The number of carbonyl (C=O) groups excluding carboxylic acids is 1. The number of alkyl halides is 5. The summed E-state index contributed by atoms with van der Waals surface area (Å²) < 4.78 is 90.9. The second-order valence-corrected chi connectivity index (χ2v) is 13.6. The lowest BCUT2D eigenvalue weighted by molar-refractivity contribution is -0.166. The van der Waals surface area contributed by atoms with E-state index in [1.165, 1.54) is 52.1 Å². The Hall–Kier alpha value is -2.30. The Morgan fingerprint density at radius 3 is 2.04 bits per heavy atom. The fraction of sp³-hybridized carbons (Fsp3) is 0.481. The number of amides is 1. The second-order valence-electron chi connectivity index (χ2n) is 9.77. The van der Waals surface area contributed by atoms with Crippen molar-refractivity contribution in [1.29, 1.82) is 0 Å². The van der Waals surface area contributed by atoms with Crippen molar-refractivity contribution in [2.75, 3.05) is 20.3 Å². The Kier molecular flexibility index (Phi) is 13.4. The number of likely N-dealkylation sites (N-methyl/N-ethyl adjacent to an activating group) is 1. The zero-order valence-electron chi connectivity index (χ0n) is 24.5. The molecule has 1 aliphatic rings. The molecule has 4 N–H and O–H groups in total. The van der Waals surface area contributed by atoms with Crippen LogP contribution in [0.2, 0.25) is 0 Å². The zero-order chi connectivity index (χ0) is 34.4. The van der Waals surface area contributed by atoms with Crippen LogP contribution in [0.4, 0.5) is 22.0 Å². The SMILES string of the molecule is CCOP(=O)(OCC)C(F)(F)c1ccc(C[C@H](N)C(=O)NC)cc1Br.C[C@@H](Cc1cc(Br)cc(C2(C(F)(F)F)N=N2)c1)C(=O)O. The quantitative estimate of drug-likeness (QED) is 0.142. The molecular formula is C27H32Br2F5N4O6P. The van der Waals surface area contributed by atoms with E-state index in [-0.39, 0.29) is 42.0 Å². The first-order chi connectivity index (χ1) is 20.8. The van der Waals surface area contributed by atoms with E-state index in [4.69, 9.17) is 19.9 Å². The minimum atomic E-state index is -4.69. The molecule has 2 atom stereocenters. The van der Waals surface area contributed by atoms with Crippen molar-refractivity contribution in [2.24, 2.45) is 21.9 Å². The summed E-state index contributed by atoms with van der Waals surface area (Å²) in [5, 5.41) is 17.5. The summed E-state index contributed by atoms with van der Waals surface area (Å²) >= 11 is 6.20. The van der Waals surface area contributed by atoms with Crippen molar-refractivity contribution >= 4 is 51.3 Å². The highest BCUT2D eigenvalue weighted by Crippen LogP contribution is 2.67. The highest BCUT2D eigenvalue weighted by molar-refractivity contribution is 9.10. The number of nitrogens with one attached hydrogen (secondary N) is 1. The standard InChI is InChI=1S/C15H22BrF2N2O4P.C12H10BrF3N2O2/c1-4-23-25(22,24-5-2)15(17,18)11-7-6-10(8-12(11)16)9-13(19)14(21)20-3;1-6(10(19)20)2-7-3-8(5-9(13)4-7)11(17-18-11)12(14,15)16/h6-8,13H,4-5,9,19H2,1-3H3,(H,20,21);3-6H,2H2,1H3,(H,19,20)/t13-;6-/m00/s1. The smallest absolute Gasteiger partial charge is 0.442 e. The highest BCUT2D eigenvalue weighted by atomic mass is 79.9. The molecule has 250 valence electrons. The number of hydrogen-bond acceptors (Lipinski definition) is 8. The third-order valence-electron chi connectivity index (χ3n) is 6.36. The van der Waals surface area contributed by atoms with Crippen molar-refractivity contribution in [3.8, 4) is 0 Å². The van der Waals surface area contributed by atoms with Gasteiger partial charge in [-0.05, 0) is 56.0 Å². The predicted molar refractivity (Wildman–Crippen MR) is 162 cm³/mol. The summed E-state index contributed by atoms with van der Waals surface area (Å²) in [6.07, 6.45) is -4.29. The number of rotatable bonds is 13. The summed E-state index contributed by atoms with van der Waals surface area (Å²) in [6, 6.07) is 7.32. The van der Waals surface area contributed by atoms with Gasteiger partial charge in [-0.15, -0.1) is 10.2 Å². The van der Waals surface area contributed by atoms with E-state index in [9.17, 15) is 36.1 Å². The molecule has 0 saturated carbocycles. The Labute approximate surface area is 273 Å². The molecule has 0 aliphatic carbocycles. The van der Waals surface area contributed by atoms with E-state index < -0.39 is 48.6 Å². The molecule has 45 heavy (non-hydrogen) atoms. The molecule has 0 aromatic heterocycles. The number of aliphatic carboxylic acids is 1. The van der Waals surface area contributed by atoms with Crippen LogP contribution in [0.5, 0.6) is 0 Å². The van der Waals surface area contributed by atoms with Crippen LogP contribution in [0, 0.1) is 5.92 Å². The number of carboxylic acid groups (broad SMARTS) is 1. The maximum Gasteiger partial charge on any atom is 0.442 e. The molecule has 10 nitrogen and oxygen atoms in total. The zero-order valence-corrected chi connectivity index (χ0v) is 28.6. The van der Waals surface area contributed by atoms with Gasteiger partial charge in [0, 0.05) is 27.1 Å². The molecule has 0 bridgehead atoms. The first-order valence-corrected chi connectivity index (χ1v) is 16.5. The monoisotopic (exact) mass is 792 g/mol. The molecule has 18 heteroatoms. The minimum absolute atomic E-state index is 0.0266. The number of benzene rings is 2. The van der Waals surface area contributed by atoms with Crippen LogP contribution < -0.4 is 11.1 Å². The van der Waals surface area contributed by atoms with Gasteiger partial charge in [-0.3, -0.25) is 14.2 Å². The summed E-state index contributed by atoms with van der Waals surface area (Å²) in [7, 11) is -3.23. The van der Waals surface area contributed by atoms with Crippen molar-refractivity contribution in [3.63, 3.8) is 0 Å². The average molecular weight is 794 g/mol. The number of carboxylic acids is 1. The minimum Gasteiger partial charge on any atom is -0.481 e. The summed E-state index contributed by atoms with van der Waals surface area (Å²) in [5.74, 6) is -2.05. The average Bonchev–Trinajstić information content (AvgIpc) is 3.75. The van der Waals surface area contributed by atoms with Gasteiger partial charge in [0.25, 0.3) is 0 Å². The Morgan fingerprint density at radius 1 is 1.02 bits per heavy atom. The van der Waals surface area contributed by atoms with E-state index >= 15 is 0 Å². The number of nitrogens with two attached hydrogens (primary N) is 1. The van der Waals surface area contributed by atoms with Crippen molar-refractivity contribution in [2.45, 2.75) is 57.2 Å². The second kappa shape index (κ2) is 15.5. The molecule has 3 rings (SSSR count). The molecule has 0 unspecified atom stereocenters. The summed E-state index contributed by atoms with van der Waals surface area (Å²) in [4.78, 5) is 22.3. The van der Waals surface area contributed by atoms with Crippen LogP contribution in [-0.4, -0.2) is 49.5 Å². The topological polar surface area (TPSA) is 153 Å². The third kappa shape index (κ3) is 9.38. The highest BCUT2D eigenvalue weighted by Gasteiger charge is 2.65. The molecule has 1 aliphatic heterocycles. The molecule has 0 saturated heterocycles. The predicted octanol–water partition coefficient (Wildman–Crippen LogP) is 7.27. The Bertz CT molecular complexity index is 1450. The molecule has 2 aromatic rings. The third-order valence-corrected chi connectivity index (χ3v) is 9.60. The number of halogens is 7. The van der Waals surface area contributed by atoms with Crippen LogP contribution in [0.1, 0.15) is 43.0 Å². The van der Waals surface area contributed by atoms with Crippen molar-refractivity contribution in [3.05, 3.63) is 67.6 Å². The number of nitrogens with zero attached hydrogens (tertiary/aromatic N) is 2. The maximum atomic E-state index is 14.8. The maximum absolute atomic E-state index is 14.8. The molecule has 1 amide bonds. The molecular weight excluding hydrogens is 762 g/mol. The van der Waals surface area contributed by atoms with Gasteiger partial charge in [-0.2, -0.15) is 22.0 Å². The Morgan fingerprint density at radius 2 is 1.60 bits per heavy atom. The van der Waals surface area contributed by atoms with Gasteiger partial charge in [0.1, 0.15) is 0 Å². The van der Waals surface area contributed by atoms with Gasteiger partial charge >= 0.3 is 31.1 Å². The fourth-order valence-electron chi connectivity index (χ4n) is 4.00.